The summed E-state index contributed by atoms with van der Waals surface area (Å²) in [6.45, 7) is 5.68. The maximum absolute atomic E-state index is 14.5. The number of nitrogens with zero attached hydrogens (tertiary/aromatic N) is 3. The molecular formula is C22H29F2N5O2. The van der Waals surface area contributed by atoms with Crippen LogP contribution in [0, 0.1) is 17.6 Å². The highest BCUT2D eigenvalue weighted by atomic mass is 19.1. The van der Waals surface area contributed by atoms with Crippen LogP contribution >= 0.6 is 0 Å². The standard InChI is InChI=1S/C22H29F2N5O2/c1-13(2)10-17(21(30)25-3)26-22(31)19-18-12-28(4)8-5-9-29(18)20(27-19)15-11-14(23)6-7-16(15)24/h6-7,11,13,17H,5,8-10,12H2,1-4H3,(H,25,30)(H,26,31)/t17-/m0/s1. The molecule has 0 unspecified atom stereocenters. The summed E-state index contributed by atoms with van der Waals surface area (Å²) < 4.78 is 30.2. The van der Waals surface area contributed by atoms with Crippen molar-refractivity contribution in [2.75, 3.05) is 20.6 Å². The Morgan fingerprint density at radius 2 is 1.97 bits per heavy atom. The van der Waals surface area contributed by atoms with E-state index in [9.17, 15) is 18.4 Å². The van der Waals surface area contributed by atoms with E-state index < -0.39 is 23.6 Å². The van der Waals surface area contributed by atoms with Gasteiger partial charge in [0.15, 0.2) is 5.69 Å². The summed E-state index contributed by atoms with van der Waals surface area (Å²) in [5, 5.41) is 5.35. The molecule has 2 N–H and O–H groups in total. The molecule has 0 radical (unpaired) electrons. The van der Waals surface area contributed by atoms with Crippen LogP contribution in [0.5, 0.6) is 0 Å². The number of likely N-dealkylation sites (N-methyl/N-ethyl adjacent to an activating group) is 1. The zero-order chi connectivity index (χ0) is 22.7. The second-order valence-corrected chi connectivity index (χ2v) is 8.37. The Morgan fingerprint density at radius 3 is 2.65 bits per heavy atom. The molecule has 0 saturated heterocycles. The van der Waals surface area contributed by atoms with Crippen LogP contribution in [0.25, 0.3) is 11.4 Å². The van der Waals surface area contributed by atoms with Crippen LogP contribution in [0.3, 0.4) is 0 Å². The number of aromatic nitrogens is 2. The first kappa shape index (κ1) is 22.9. The second-order valence-electron chi connectivity index (χ2n) is 8.37. The third-order valence-corrected chi connectivity index (χ3v) is 5.37. The Morgan fingerprint density at radius 1 is 1.23 bits per heavy atom. The fourth-order valence-corrected chi connectivity index (χ4v) is 3.88. The van der Waals surface area contributed by atoms with Gasteiger partial charge in [-0.1, -0.05) is 13.8 Å². The number of halogens is 2. The minimum Gasteiger partial charge on any atom is -0.357 e. The molecule has 2 heterocycles. The quantitative estimate of drug-likeness (QED) is 0.734. The fraction of sp³-hybridized carbons (Fsp3) is 0.500. The number of carbonyl (C=O) groups is 2. The van der Waals surface area contributed by atoms with Gasteiger partial charge in [-0.3, -0.25) is 9.59 Å². The molecular weight excluding hydrogens is 404 g/mol. The lowest BCUT2D eigenvalue weighted by Gasteiger charge is -2.19. The third kappa shape index (κ3) is 5.10. The predicted octanol–water partition coefficient (Wildman–Crippen LogP) is 2.55. The number of imidazole rings is 1. The zero-order valence-corrected chi connectivity index (χ0v) is 18.3. The largest absolute Gasteiger partial charge is 0.357 e. The SMILES string of the molecule is CNC(=O)[C@H](CC(C)C)NC(=O)c1nc(-c2cc(F)ccc2F)n2c1CN(C)CCC2. The van der Waals surface area contributed by atoms with E-state index in [1.54, 1.807) is 4.57 Å². The number of benzene rings is 1. The van der Waals surface area contributed by atoms with Gasteiger partial charge in [0, 0.05) is 20.1 Å². The van der Waals surface area contributed by atoms with Crippen molar-refractivity contribution in [3.05, 3.63) is 41.2 Å². The van der Waals surface area contributed by atoms with Crippen LogP contribution in [0.15, 0.2) is 18.2 Å². The molecule has 0 fully saturated rings. The molecule has 2 amide bonds. The number of hydrogen-bond acceptors (Lipinski definition) is 4. The summed E-state index contributed by atoms with van der Waals surface area (Å²) in [6.07, 6.45) is 1.24. The van der Waals surface area contributed by atoms with Crippen LogP contribution in [-0.4, -0.2) is 52.9 Å². The van der Waals surface area contributed by atoms with E-state index in [2.05, 4.69) is 15.6 Å². The number of hydrogen-bond donors (Lipinski definition) is 2. The second kappa shape index (κ2) is 9.55. The maximum Gasteiger partial charge on any atom is 0.272 e. The average Bonchev–Trinajstić information content (AvgIpc) is 2.94. The van der Waals surface area contributed by atoms with E-state index in [0.717, 1.165) is 31.2 Å². The highest BCUT2D eigenvalue weighted by Crippen LogP contribution is 2.28. The van der Waals surface area contributed by atoms with Gasteiger partial charge in [-0.05, 0) is 50.6 Å². The highest BCUT2D eigenvalue weighted by molar-refractivity contribution is 5.97. The molecule has 0 saturated carbocycles. The maximum atomic E-state index is 14.5. The minimum absolute atomic E-state index is 0.00915. The van der Waals surface area contributed by atoms with Gasteiger partial charge in [0.25, 0.3) is 5.91 Å². The van der Waals surface area contributed by atoms with E-state index in [4.69, 9.17) is 0 Å². The third-order valence-electron chi connectivity index (χ3n) is 5.37. The molecule has 2 aromatic rings. The predicted molar refractivity (Wildman–Crippen MR) is 113 cm³/mol. The minimum atomic E-state index is -0.715. The first-order valence-electron chi connectivity index (χ1n) is 10.5. The molecule has 168 valence electrons. The molecule has 0 bridgehead atoms. The van der Waals surface area contributed by atoms with Crippen molar-refractivity contribution in [1.82, 2.24) is 25.1 Å². The number of rotatable bonds is 6. The van der Waals surface area contributed by atoms with Gasteiger partial charge in [0.2, 0.25) is 5.91 Å². The van der Waals surface area contributed by atoms with E-state index in [1.807, 2.05) is 25.8 Å². The Kier molecular flexibility index (Phi) is 7.04. The zero-order valence-electron chi connectivity index (χ0n) is 18.3. The first-order chi connectivity index (χ1) is 14.7. The van der Waals surface area contributed by atoms with Crippen LogP contribution < -0.4 is 10.6 Å². The van der Waals surface area contributed by atoms with Gasteiger partial charge in [-0.25, -0.2) is 13.8 Å². The molecule has 9 heteroatoms. The summed E-state index contributed by atoms with van der Waals surface area (Å²) in [5.41, 5.74) is 0.760. The molecule has 1 atom stereocenters. The van der Waals surface area contributed by atoms with Crippen LogP contribution in [0.4, 0.5) is 8.78 Å². The number of amides is 2. The lowest BCUT2D eigenvalue weighted by molar-refractivity contribution is -0.122. The molecule has 31 heavy (non-hydrogen) atoms. The molecule has 1 aromatic heterocycles. The van der Waals surface area contributed by atoms with E-state index in [-0.39, 0.29) is 28.9 Å². The Balaban J connectivity index is 2.05. The van der Waals surface area contributed by atoms with Crippen molar-refractivity contribution in [1.29, 1.82) is 0 Å². The topological polar surface area (TPSA) is 79.3 Å². The van der Waals surface area contributed by atoms with E-state index in [1.165, 1.54) is 7.05 Å². The van der Waals surface area contributed by atoms with Crippen molar-refractivity contribution in [2.24, 2.45) is 5.92 Å². The van der Waals surface area contributed by atoms with Gasteiger partial charge in [0.1, 0.15) is 23.5 Å². The molecule has 3 rings (SSSR count). The van der Waals surface area contributed by atoms with E-state index in [0.29, 0.717) is 25.2 Å². The number of carbonyl (C=O) groups excluding carboxylic acids is 2. The Hall–Kier alpha value is -2.81. The van der Waals surface area contributed by atoms with Crippen molar-refractivity contribution >= 4 is 11.8 Å². The van der Waals surface area contributed by atoms with E-state index >= 15 is 0 Å². The molecule has 1 aromatic carbocycles. The van der Waals surface area contributed by atoms with Crippen LogP contribution in [0.2, 0.25) is 0 Å². The summed E-state index contributed by atoms with van der Waals surface area (Å²) >= 11 is 0. The highest BCUT2D eigenvalue weighted by Gasteiger charge is 2.29. The lowest BCUT2D eigenvalue weighted by Crippen LogP contribution is -2.46. The number of nitrogens with one attached hydrogen (secondary N) is 2. The van der Waals surface area contributed by atoms with Gasteiger partial charge in [-0.15, -0.1) is 0 Å². The molecule has 0 spiro atoms. The van der Waals surface area contributed by atoms with Gasteiger partial charge < -0.3 is 20.1 Å². The molecule has 0 aliphatic carbocycles. The molecule has 1 aliphatic rings. The Labute approximate surface area is 180 Å². The Bertz CT molecular complexity index is 973. The van der Waals surface area contributed by atoms with Crippen LogP contribution in [-0.2, 0) is 17.9 Å². The normalized spacial score (nSPS) is 15.3. The molecule has 7 nitrogen and oxygen atoms in total. The first-order valence-corrected chi connectivity index (χ1v) is 10.5. The van der Waals surface area contributed by atoms with Crippen molar-refractivity contribution < 1.29 is 18.4 Å². The lowest BCUT2D eigenvalue weighted by atomic mass is 10.0. The van der Waals surface area contributed by atoms with Gasteiger partial charge >= 0.3 is 0 Å². The van der Waals surface area contributed by atoms with Crippen molar-refractivity contribution in [2.45, 2.75) is 45.8 Å². The van der Waals surface area contributed by atoms with Gasteiger partial charge in [-0.2, -0.15) is 0 Å². The summed E-state index contributed by atoms with van der Waals surface area (Å²) in [7, 11) is 3.45. The monoisotopic (exact) mass is 433 g/mol. The van der Waals surface area contributed by atoms with Crippen LogP contribution in [0.1, 0.15) is 42.9 Å². The summed E-state index contributed by atoms with van der Waals surface area (Å²) in [6, 6.07) is 2.48. The van der Waals surface area contributed by atoms with Crippen molar-refractivity contribution in [3.63, 3.8) is 0 Å². The fourth-order valence-electron chi connectivity index (χ4n) is 3.88. The van der Waals surface area contributed by atoms with Crippen molar-refractivity contribution in [3.8, 4) is 11.4 Å². The number of fused-ring (bicyclic) bond motifs is 1. The summed E-state index contributed by atoms with van der Waals surface area (Å²) in [5.74, 6) is -1.58. The van der Waals surface area contributed by atoms with Gasteiger partial charge in [0.05, 0.1) is 11.3 Å². The smallest absolute Gasteiger partial charge is 0.272 e. The molecule has 1 aliphatic heterocycles. The average molecular weight is 434 g/mol. The summed E-state index contributed by atoms with van der Waals surface area (Å²) in [4.78, 5) is 32.0.